The SMILES string of the molecule is COc1cc(Cl)c(C(=O)N(CCC(C)C)C(Cc2ccccc2CN2CCCCC2)c2nc3ccccc3[nH]2)cc1OC. The number of benzene rings is 3. The molecule has 3 aromatic carbocycles. The second-order valence-corrected chi connectivity index (χ2v) is 12.2. The van der Waals surface area contributed by atoms with Gasteiger partial charge in [-0.15, -0.1) is 0 Å². The number of nitrogens with zero attached hydrogens (tertiary/aromatic N) is 3. The summed E-state index contributed by atoms with van der Waals surface area (Å²) in [5.74, 6) is 1.96. The molecular formula is C35H43ClN4O3. The summed E-state index contributed by atoms with van der Waals surface area (Å²) in [7, 11) is 3.12. The van der Waals surface area contributed by atoms with Crippen molar-refractivity contribution >= 4 is 28.5 Å². The largest absolute Gasteiger partial charge is 0.493 e. The van der Waals surface area contributed by atoms with Gasteiger partial charge >= 0.3 is 0 Å². The summed E-state index contributed by atoms with van der Waals surface area (Å²) in [5, 5.41) is 0.325. The van der Waals surface area contributed by atoms with Crippen LogP contribution >= 0.6 is 11.6 Å². The zero-order valence-corrected chi connectivity index (χ0v) is 26.5. The smallest absolute Gasteiger partial charge is 0.256 e. The molecule has 228 valence electrons. The number of hydrogen-bond acceptors (Lipinski definition) is 5. The first-order valence-corrected chi connectivity index (χ1v) is 15.7. The van der Waals surface area contributed by atoms with Crippen LogP contribution in [0.3, 0.4) is 0 Å². The first-order chi connectivity index (χ1) is 20.9. The number of piperidine rings is 1. The number of ether oxygens (including phenoxy) is 2. The quantitative estimate of drug-likeness (QED) is 0.180. The maximum Gasteiger partial charge on any atom is 0.256 e. The van der Waals surface area contributed by atoms with Crippen LogP contribution in [-0.4, -0.2) is 59.5 Å². The number of aromatic amines is 1. The fourth-order valence-corrected chi connectivity index (χ4v) is 6.17. The predicted octanol–water partition coefficient (Wildman–Crippen LogP) is 7.69. The van der Waals surface area contributed by atoms with Gasteiger partial charge in [-0.1, -0.05) is 68.3 Å². The van der Waals surface area contributed by atoms with E-state index in [9.17, 15) is 4.79 Å². The number of nitrogens with one attached hydrogen (secondary N) is 1. The fraction of sp³-hybridized carbons (Fsp3) is 0.429. The summed E-state index contributed by atoms with van der Waals surface area (Å²) < 4.78 is 11.0. The minimum Gasteiger partial charge on any atom is -0.493 e. The average Bonchev–Trinajstić information content (AvgIpc) is 3.45. The molecule has 0 bridgehead atoms. The number of imidazole rings is 1. The lowest BCUT2D eigenvalue weighted by atomic mass is 9.96. The molecule has 1 atom stereocenters. The van der Waals surface area contributed by atoms with Crippen molar-refractivity contribution in [1.29, 1.82) is 0 Å². The Labute approximate surface area is 260 Å². The van der Waals surface area contributed by atoms with Gasteiger partial charge in [0.05, 0.1) is 41.9 Å². The standard InChI is InChI=1S/C35H43ClN4O3/c1-24(2)16-19-40(35(41)27-21-32(42-3)33(43-4)22-28(27)36)31(34-37-29-14-8-9-15-30(29)38-34)20-25-12-6-7-13-26(25)23-39-17-10-5-11-18-39/h6-9,12-15,21-22,24,31H,5,10-11,16-20,23H2,1-4H3,(H,37,38). The van der Waals surface area contributed by atoms with Crippen molar-refractivity contribution in [1.82, 2.24) is 19.8 Å². The van der Waals surface area contributed by atoms with Crippen molar-refractivity contribution in [3.8, 4) is 11.5 Å². The van der Waals surface area contributed by atoms with Crippen LogP contribution < -0.4 is 9.47 Å². The fourth-order valence-electron chi connectivity index (χ4n) is 5.93. The molecule has 0 saturated carbocycles. The van der Waals surface area contributed by atoms with Crippen molar-refractivity contribution in [2.45, 2.75) is 58.5 Å². The van der Waals surface area contributed by atoms with Crippen LogP contribution in [0.15, 0.2) is 60.7 Å². The van der Waals surface area contributed by atoms with E-state index >= 15 is 0 Å². The molecule has 4 aromatic rings. The first kappa shape index (κ1) is 30.9. The normalized spacial score (nSPS) is 14.7. The molecule has 1 fully saturated rings. The number of para-hydroxylation sites is 2. The van der Waals surface area contributed by atoms with Gasteiger partial charge in [-0.3, -0.25) is 9.69 Å². The third-order valence-corrected chi connectivity index (χ3v) is 8.70. The molecule has 5 rings (SSSR count). The van der Waals surface area contributed by atoms with Crippen LogP contribution in [0.4, 0.5) is 0 Å². The van der Waals surface area contributed by atoms with Crippen molar-refractivity contribution in [3.63, 3.8) is 0 Å². The molecular weight excluding hydrogens is 560 g/mol. The summed E-state index contributed by atoms with van der Waals surface area (Å²) in [6.07, 6.45) is 5.25. The molecule has 1 unspecified atom stereocenters. The second-order valence-electron chi connectivity index (χ2n) is 11.8. The van der Waals surface area contributed by atoms with E-state index in [-0.39, 0.29) is 11.9 Å². The number of rotatable bonds is 12. The van der Waals surface area contributed by atoms with E-state index in [2.05, 4.69) is 48.0 Å². The van der Waals surface area contributed by atoms with E-state index in [4.69, 9.17) is 26.1 Å². The highest BCUT2D eigenvalue weighted by Crippen LogP contribution is 2.36. The maximum absolute atomic E-state index is 14.6. The molecule has 7 nitrogen and oxygen atoms in total. The molecule has 0 aliphatic carbocycles. The second kappa shape index (κ2) is 14.3. The Morgan fingerprint density at radius 3 is 2.35 bits per heavy atom. The maximum atomic E-state index is 14.6. The van der Waals surface area contributed by atoms with Gasteiger partial charge in [-0.25, -0.2) is 4.98 Å². The Balaban J connectivity index is 1.59. The number of amides is 1. The van der Waals surface area contributed by atoms with Crippen molar-refractivity contribution < 1.29 is 14.3 Å². The predicted molar refractivity (Wildman–Crippen MR) is 173 cm³/mol. The summed E-state index contributed by atoms with van der Waals surface area (Å²) in [6, 6.07) is 19.6. The summed E-state index contributed by atoms with van der Waals surface area (Å²) in [6.45, 7) is 8.06. The zero-order chi connectivity index (χ0) is 30.3. The van der Waals surface area contributed by atoms with Crippen LogP contribution in [0.1, 0.15) is 72.9 Å². The van der Waals surface area contributed by atoms with Crippen LogP contribution in [-0.2, 0) is 13.0 Å². The van der Waals surface area contributed by atoms with Gasteiger partial charge in [0.15, 0.2) is 11.5 Å². The molecule has 1 aliphatic heterocycles. The van der Waals surface area contributed by atoms with E-state index in [1.165, 1.54) is 30.4 Å². The average molecular weight is 603 g/mol. The Hall–Kier alpha value is -3.55. The lowest BCUT2D eigenvalue weighted by Crippen LogP contribution is -2.38. The van der Waals surface area contributed by atoms with Gasteiger partial charge < -0.3 is 19.4 Å². The topological polar surface area (TPSA) is 70.7 Å². The van der Waals surface area contributed by atoms with E-state index in [0.717, 1.165) is 42.9 Å². The minimum absolute atomic E-state index is 0.162. The lowest BCUT2D eigenvalue weighted by Gasteiger charge is -2.33. The van der Waals surface area contributed by atoms with Crippen molar-refractivity contribution in [2.75, 3.05) is 33.9 Å². The van der Waals surface area contributed by atoms with Gasteiger partial charge in [-0.2, -0.15) is 0 Å². The number of carbonyl (C=O) groups excluding carboxylic acids is 1. The van der Waals surface area contributed by atoms with Crippen LogP contribution in [0.2, 0.25) is 5.02 Å². The Morgan fingerprint density at radius 1 is 0.977 bits per heavy atom. The molecule has 1 N–H and O–H groups in total. The highest BCUT2D eigenvalue weighted by Gasteiger charge is 2.31. The number of aromatic nitrogens is 2. The minimum atomic E-state index is -0.342. The molecule has 2 heterocycles. The number of H-pyrrole nitrogens is 1. The van der Waals surface area contributed by atoms with E-state index in [0.29, 0.717) is 41.0 Å². The number of hydrogen-bond donors (Lipinski definition) is 1. The van der Waals surface area contributed by atoms with Crippen molar-refractivity contribution in [2.24, 2.45) is 5.92 Å². The van der Waals surface area contributed by atoms with E-state index in [1.807, 2.05) is 29.2 Å². The third-order valence-electron chi connectivity index (χ3n) is 8.39. The molecule has 1 aromatic heterocycles. The number of halogens is 1. The number of carbonyl (C=O) groups is 1. The molecule has 43 heavy (non-hydrogen) atoms. The summed E-state index contributed by atoms with van der Waals surface area (Å²) in [4.78, 5) is 27.6. The molecule has 1 amide bonds. The van der Waals surface area contributed by atoms with Gasteiger partial charge in [0, 0.05) is 25.6 Å². The van der Waals surface area contributed by atoms with Gasteiger partial charge in [0.2, 0.25) is 0 Å². The molecule has 1 aliphatic rings. The van der Waals surface area contributed by atoms with Gasteiger partial charge in [0.1, 0.15) is 5.82 Å². The lowest BCUT2D eigenvalue weighted by molar-refractivity contribution is 0.0656. The Morgan fingerprint density at radius 2 is 1.65 bits per heavy atom. The zero-order valence-electron chi connectivity index (χ0n) is 25.7. The third kappa shape index (κ3) is 7.34. The van der Waals surface area contributed by atoms with E-state index in [1.54, 1.807) is 26.4 Å². The van der Waals surface area contributed by atoms with Gasteiger partial charge in [-0.05, 0) is 67.6 Å². The first-order valence-electron chi connectivity index (χ1n) is 15.3. The summed E-state index contributed by atoms with van der Waals surface area (Å²) in [5.41, 5.74) is 4.73. The molecule has 8 heteroatoms. The van der Waals surface area contributed by atoms with Crippen LogP contribution in [0.5, 0.6) is 11.5 Å². The molecule has 0 radical (unpaired) electrons. The Bertz CT molecular complexity index is 1500. The molecule has 1 saturated heterocycles. The monoisotopic (exact) mass is 602 g/mol. The number of methoxy groups -OCH3 is 2. The van der Waals surface area contributed by atoms with E-state index < -0.39 is 0 Å². The molecule has 0 spiro atoms. The summed E-state index contributed by atoms with van der Waals surface area (Å²) >= 11 is 6.74. The van der Waals surface area contributed by atoms with Crippen LogP contribution in [0, 0.1) is 5.92 Å². The highest BCUT2D eigenvalue weighted by atomic mass is 35.5. The van der Waals surface area contributed by atoms with Crippen LogP contribution in [0.25, 0.3) is 11.0 Å². The Kier molecular flexibility index (Phi) is 10.3. The highest BCUT2D eigenvalue weighted by molar-refractivity contribution is 6.34. The van der Waals surface area contributed by atoms with Crippen molar-refractivity contribution in [3.05, 3.63) is 88.2 Å². The number of fused-ring (bicyclic) bond motifs is 1. The van der Waals surface area contributed by atoms with Gasteiger partial charge in [0.25, 0.3) is 5.91 Å². The number of likely N-dealkylation sites (tertiary alicyclic amines) is 1.